The van der Waals surface area contributed by atoms with Crippen LogP contribution in [0.2, 0.25) is 5.02 Å². The van der Waals surface area contributed by atoms with Crippen molar-refractivity contribution < 1.29 is 9.53 Å². The molecule has 2 rings (SSSR count). The third-order valence-electron chi connectivity index (χ3n) is 3.12. The molecule has 0 radical (unpaired) electrons. The highest BCUT2D eigenvalue weighted by Crippen LogP contribution is 2.20. The lowest BCUT2D eigenvalue weighted by atomic mass is 10.2. The van der Waals surface area contributed by atoms with Gasteiger partial charge in [0.1, 0.15) is 11.8 Å². The Labute approximate surface area is 134 Å². The smallest absolute Gasteiger partial charge is 0.269 e. The van der Waals surface area contributed by atoms with E-state index in [9.17, 15) is 10.1 Å². The zero-order valence-electron chi connectivity index (χ0n) is 12.2. The molecule has 1 aromatic heterocycles. The fourth-order valence-corrected chi connectivity index (χ4v) is 2.28. The summed E-state index contributed by atoms with van der Waals surface area (Å²) in [5.74, 6) is -0.294. The van der Waals surface area contributed by atoms with Gasteiger partial charge < -0.3 is 14.6 Å². The van der Waals surface area contributed by atoms with Crippen LogP contribution in [0.1, 0.15) is 22.5 Å². The number of carbonyl (C=O) groups excluding carboxylic acids is 1. The number of nitrogens with zero attached hydrogens (tertiary/aromatic N) is 2. The van der Waals surface area contributed by atoms with Gasteiger partial charge in [-0.15, -0.1) is 0 Å². The number of hydrogen-bond acceptors (Lipinski definition) is 3. The molecule has 1 N–H and O–H groups in total. The molecule has 0 saturated carbocycles. The summed E-state index contributed by atoms with van der Waals surface area (Å²) < 4.78 is 6.60. The molecule has 22 heavy (non-hydrogen) atoms. The molecule has 0 atom stereocenters. The standard InChI is InChI=1S/C16H16ClN3O2/c1-22-9-3-7-19-16(21)15-12(11-18)6-8-20(15)14-5-2-4-13(17)10-14/h2,4-6,8,10H,3,7,9H2,1H3,(H,19,21). The molecule has 0 spiro atoms. The van der Waals surface area contributed by atoms with Gasteiger partial charge in [-0.25, -0.2) is 0 Å². The molecule has 0 bridgehead atoms. The first kappa shape index (κ1) is 16.1. The van der Waals surface area contributed by atoms with Crippen LogP contribution in [0.3, 0.4) is 0 Å². The first-order valence-corrected chi connectivity index (χ1v) is 7.19. The third-order valence-corrected chi connectivity index (χ3v) is 3.35. The van der Waals surface area contributed by atoms with Crippen LogP contribution in [-0.2, 0) is 4.74 Å². The van der Waals surface area contributed by atoms with Gasteiger partial charge in [0, 0.05) is 37.2 Å². The van der Waals surface area contributed by atoms with Gasteiger partial charge in [0.15, 0.2) is 0 Å². The highest BCUT2D eigenvalue weighted by Gasteiger charge is 2.17. The Kier molecular flexibility index (Phi) is 5.59. The van der Waals surface area contributed by atoms with E-state index in [-0.39, 0.29) is 5.91 Å². The molecule has 1 amide bonds. The molecule has 2 aromatic rings. The lowest BCUT2D eigenvalue weighted by Gasteiger charge is -2.10. The summed E-state index contributed by atoms with van der Waals surface area (Å²) in [6, 6.07) is 10.8. The molecule has 0 aliphatic carbocycles. The molecule has 1 aromatic carbocycles. The molecule has 114 valence electrons. The maximum absolute atomic E-state index is 12.4. The molecular formula is C16H16ClN3O2. The minimum absolute atomic E-state index is 0.294. The molecule has 0 fully saturated rings. The van der Waals surface area contributed by atoms with Crippen LogP contribution in [0.15, 0.2) is 36.5 Å². The van der Waals surface area contributed by atoms with Crippen molar-refractivity contribution in [2.24, 2.45) is 0 Å². The molecular weight excluding hydrogens is 302 g/mol. The Hall–Kier alpha value is -2.29. The molecule has 1 heterocycles. The van der Waals surface area contributed by atoms with E-state index in [2.05, 4.69) is 5.32 Å². The topological polar surface area (TPSA) is 67.0 Å². The summed E-state index contributed by atoms with van der Waals surface area (Å²) in [6.45, 7) is 1.05. The highest BCUT2D eigenvalue weighted by atomic mass is 35.5. The minimum atomic E-state index is -0.294. The van der Waals surface area contributed by atoms with Crippen molar-refractivity contribution in [3.63, 3.8) is 0 Å². The van der Waals surface area contributed by atoms with E-state index in [0.29, 0.717) is 35.9 Å². The molecule has 0 aliphatic rings. The predicted molar refractivity (Wildman–Crippen MR) is 84.3 cm³/mol. The average Bonchev–Trinajstić information content (AvgIpc) is 2.95. The summed E-state index contributed by atoms with van der Waals surface area (Å²) in [7, 11) is 1.61. The van der Waals surface area contributed by atoms with Gasteiger partial charge >= 0.3 is 0 Å². The molecule has 5 nitrogen and oxygen atoms in total. The van der Waals surface area contributed by atoms with E-state index >= 15 is 0 Å². The van der Waals surface area contributed by atoms with E-state index in [1.807, 2.05) is 12.1 Å². The van der Waals surface area contributed by atoms with Gasteiger partial charge in [-0.3, -0.25) is 4.79 Å². The Balaban J connectivity index is 2.28. The van der Waals surface area contributed by atoms with Crippen LogP contribution < -0.4 is 5.32 Å². The molecule has 0 saturated heterocycles. The van der Waals surface area contributed by atoms with Crippen molar-refractivity contribution in [1.82, 2.24) is 9.88 Å². The second-order valence-electron chi connectivity index (χ2n) is 4.64. The van der Waals surface area contributed by atoms with Gasteiger partial charge in [-0.2, -0.15) is 5.26 Å². The van der Waals surface area contributed by atoms with Gasteiger partial charge in [-0.05, 0) is 30.7 Å². The zero-order valence-corrected chi connectivity index (χ0v) is 12.9. The highest BCUT2D eigenvalue weighted by molar-refractivity contribution is 6.30. The second-order valence-corrected chi connectivity index (χ2v) is 5.08. The number of amides is 1. The van der Waals surface area contributed by atoms with Crippen molar-refractivity contribution in [3.05, 3.63) is 52.8 Å². The Morgan fingerprint density at radius 2 is 2.27 bits per heavy atom. The van der Waals surface area contributed by atoms with E-state index in [4.69, 9.17) is 16.3 Å². The summed E-state index contributed by atoms with van der Waals surface area (Å²) in [5.41, 5.74) is 1.36. The van der Waals surface area contributed by atoms with Crippen LogP contribution in [0.5, 0.6) is 0 Å². The zero-order chi connectivity index (χ0) is 15.9. The lowest BCUT2D eigenvalue weighted by molar-refractivity contribution is 0.0941. The largest absolute Gasteiger partial charge is 0.385 e. The van der Waals surface area contributed by atoms with Crippen molar-refractivity contribution in [2.75, 3.05) is 20.3 Å². The number of nitrogens with one attached hydrogen (secondary N) is 1. The fraction of sp³-hybridized carbons (Fsp3) is 0.250. The maximum atomic E-state index is 12.4. The summed E-state index contributed by atoms with van der Waals surface area (Å²) >= 11 is 5.99. The SMILES string of the molecule is COCCCNC(=O)c1c(C#N)ccn1-c1cccc(Cl)c1. The fourth-order valence-electron chi connectivity index (χ4n) is 2.10. The first-order chi connectivity index (χ1) is 10.7. The average molecular weight is 318 g/mol. The van der Waals surface area contributed by atoms with Gasteiger partial charge in [-0.1, -0.05) is 17.7 Å². The number of nitriles is 1. The lowest BCUT2D eigenvalue weighted by Crippen LogP contribution is -2.27. The molecule has 0 unspecified atom stereocenters. The number of hydrogen-bond donors (Lipinski definition) is 1. The van der Waals surface area contributed by atoms with Crippen LogP contribution in [-0.4, -0.2) is 30.7 Å². The van der Waals surface area contributed by atoms with Gasteiger partial charge in [0.25, 0.3) is 5.91 Å². The normalized spacial score (nSPS) is 10.2. The minimum Gasteiger partial charge on any atom is -0.385 e. The summed E-state index contributed by atoms with van der Waals surface area (Å²) in [4.78, 5) is 12.4. The number of rotatable bonds is 6. The summed E-state index contributed by atoms with van der Waals surface area (Å²) in [6.07, 6.45) is 2.40. The number of aromatic nitrogens is 1. The maximum Gasteiger partial charge on any atom is 0.269 e. The number of halogens is 1. The Morgan fingerprint density at radius 1 is 1.45 bits per heavy atom. The van der Waals surface area contributed by atoms with Crippen molar-refractivity contribution in [3.8, 4) is 11.8 Å². The van der Waals surface area contributed by atoms with Gasteiger partial charge in [0.2, 0.25) is 0 Å². The van der Waals surface area contributed by atoms with E-state index in [0.717, 1.165) is 5.69 Å². The van der Waals surface area contributed by atoms with Crippen LogP contribution in [0.4, 0.5) is 0 Å². The van der Waals surface area contributed by atoms with E-state index in [1.165, 1.54) is 0 Å². The number of benzene rings is 1. The number of carbonyl (C=O) groups is 1. The van der Waals surface area contributed by atoms with Crippen molar-refractivity contribution >= 4 is 17.5 Å². The third kappa shape index (κ3) is 3.67. The van der Waals surface area contributed by atoms with Crippen LogP contribution in [0, 0.1) is 11.3 Å². The number of ether oxygens (including phenoxy) is 1. The van der Waals surface area contributed by atoms with Crippen molar-refractivity contribution in [1.29, 1.82) is 5.26 Å². The quantitative estimate of drug-likeness (QED) is 0.833. The van der Waals surface area contributed by atoms with Crippen molar-refractivity contribution in [2.45, 2.75) is 6.42 Å². The monoisotopic (exact) mass is 317 g/mol. The van der Waals surface area contributed by atoms with E-state index in [1.54, 1.807) is 42.1 Å². The molecule has 6 heteroatoms. The first-order valence-electron chi connectivity index (χ1n) is 6.82. The van der Waals surface area contributed by atoms with E-state index < -0.39 is 0 Å². The van der Waals surface area contributed by atoms with Crippen LogP contribution in [0.25, 0.3) is 5.69 Å². The van der Waals surface area contributed by atoms with Crippen LogP contribution >= 0.6 is 11.6 Å². The predicted octanol–water partition coefficient (Wildman–Crippen LogP) is 2.77. The summed E-state index contributed by atoms with van der Waals surface area (Å²) in [5, 5.41) is 12.6. The Bertz CT molecular complexity index is 704. The van der Waals surface area contributed by atoms with Gasteiger partial charge in [0.05, 0.1) is 5.56 Å². The number of methoxy groups -OCH3 is 1. The second kappa shape index (κ2) is 7.64. The molecule has 0 aliphatic heterocycles. The Morgan fingerprint density at radius 3 is 2.95 bits per heavy atom.